The van der Waals surface area contributed by atoms with Crippen molar-refractivity contribution >= 4 is 23.5 Å². The van der Waals surface area contributed by atoms with E-state index in [-0.39, 0.29) is 0 Å². The molecule has 0 saturated carbocycles. The lowest BCUT2D eigenvalue weighted by molar-refractivity contribution is 0.0589. The Labute approximate surface area is 125 Å². The summed E-state index contributed by atoms with van der Waals surface area (Å²) >= 11 is 6.23. The molecule has 5 nitrogen and oxygen atoms in total. The van der Waals surface area contributed by atoms with Gasteiger partial charge in [0, 0.05) is 43.9 Å². The molecule has 0 aliphatic carbocycles. The maximum atomic E-state index is 6.23. The van der Waals surface area contributed by atoms with Crippen molar-refractivity contribution in [1.29, 1.82) is 0 Å². The molecule has 20 heavy (non-hydrogen) atoms. The van der Waals surface area contributed by atoms with Crippen LogP contribution in [0.2, 0.25) is 0 Å². The van der Waals surface area contributed by atoms with Gasteiger partial charge in [-0.2, -0.15) is 0 Å². The number of ether oxygens (including phenoxy) is 2. The molecule has 110 valence electrons. The molecule has 2 fully saturated rings. The quantitative estimate of drug-likeness (QED) is 0.764. The highest BCUT2D eigenvalue weighted by Crippen LogP contribution is 2.52. The fourth-order valence-electron chi connectivity index (χ4n) is 2.69. The summed E-state index contributed by atoms with van der Waals surface area (Å²) in [5, 5.41) is 1.23. The van der Waals surface area contributed by atoms with Gasteiger partial charge in [0.25, 0.3) is 0 Å². The second-order valence-corrected chi connectivity index (χ2v) is 9.14. The summed E-state index contributed by atoms with van der Waals surface area (Å²) in [6, 6.07) is 4.15. The number of hydrogen-bond donors (Lipinski definition) is 0. The van der Waals surface area contributed by atoms with Gasteiger partial charge in [-0.1, -0.05) is 11.8 Å². The number of pyridine rings is 1. The Bertz CT molecular complexity index is 454. The number of rotatable bonds is 3. The molecular weight excluding hydrogens is 293 g/mol. The highest BCUT2D eigenvalue weighted by Gasteiger charge is 2.35. The molecule has 0 amide bonds. The van der Waals surface area contributed by atoms with Crippen LogP contribution in [-0.2, 0) is 21.3 Å². The zero-order valence-electron chi connectivity index (χ0n) is 11.5. The summed E-state index contributed by atoms with van der Waals surface area (Å²) in [6.07, 6.45) is 1.77. The van der Waals surface area contributed by atoms with E-state index in [0.29, 0.717) is 0 Å². The number of aromatic nitrogens is 1. The van der Waals surface area contributed by atoms with E-state index in [4.69, 9.17) is 21.3 Å². The van der Waals surface area contributed by atoms with Crippen LogP contribution in [0.15, 0.2) is 24.5 Å². The second kappa shape index (κ2) is 6.60. The van der Waals surface area contributed by atoms with Crippen molar-refractivity contribution in [2.45, 2.75) is 0 Å². The van der Waals surface area contributed by atoms with Crippen LogP contribution in [0.25, 0.3) is 0 Å². The molecule has 0 unspecified atom stereocenters. The molecule has 1 aromatic heterocycles. The van der Waals surface area contributed by atoms with Gasteiger partial charge in [0.1, 0.15) is 6.34 Å². The largest absolute Gasteiger partial charge is 0.379 e. The van der Waals surface area contributed by atoms with E-state index in [1.807, 2.05) is 12.4 Å². The van der Waals surface area contributed by atoms with Crippen molar-refractivity contribution in [3.8, 4) is 0 Å². The zero-order chi connectivity index (χ0) is 13.8. The second-order valence-electron chi connectivity index (χ2n) is 4.88. The van der Waals surface area contributed by atoms with Gasteiger partial charge in [-0.3, -0.25) is 14.3 Å². The highest BCUT2D eigenvalue weighted by molar-refractivity contribution is 8.15. The van der Waals surface area contributed by atoms with Crippen molar-refractivity contribution in [1.82, 2.24) is 14.3 Å². The van der Waals surface area contributed by atoms with Crippen molar-refractivity contribution < 1.29 is 9.47 Å². The molecule has 0 atom stereocenters. The van der Waals surface area contributed by atoms with Gasteiger partial charge < -0.3 is 9.47 Å². The van der Waals surface area contributed by atoms with E-state index >= 15 is 0 Å². The van der Waals surface area contributed by atoms with Crippen LogP contribution in [0, 0.1) is 0 Å². The van der Waals surface area contributed by atoms with Gasteiger partial charge in [-0.15, -0.1) is 0 Å². The first kappa shape index (κ1) is 14.6. The lowest BCUT2D eigenvalue weighted by Gasteiger charge is -2.45. The van der Waals surface area contributed by atoms with Crippen LogP contribution in [-0.4, -0.2) is 66.9 Å². The molecule has 2 aliphatic rings. The minimum atomic E-state index is -1.92. The SMILES string of the molecule is S=P(c1ccncc1)(N1CCOCC1)N1CCOCC1. The van der Waals surface area contributed by atoms with Gasteiger partial charge in [0.15, 0.2) is 0 Å². The van der Waals surface area contributed by atoms with E-state index in [1.54, 1.807) is 0 Å². The van der Waals surface area contributed by atoms with Crippen LogP contribution < -0.4 is 5.30 Å². The fraction of sp³-hybridized carbons (Fsp3) is 0.615. The summed E-state index contributed by atoms with van der Waals surface area (Å²) in [4.78, 5) is 4.13. The average Bonchev–Trinajstić information content (AvgIpc) is 2.56. The maximum Gasteiger partial charge on any atom is 0.107 e. The Morgan fingerprint density at radius 1 is 0.900 bits per heavy atom. The smallest absolute Gasteiger partial charge is 0.107 e. The number of nitrogens with zero attached hydrogens (tertiary/aromatic N) is 3. The molecule has 0 bridgehead atoms. The molecule has 0 N–H and O–H groups in total. The minimum absolute atomic E-state index is 0.772. The third-order valence-corrected chi connectivity index (χ3v) is 9.06. The van der Waals surface area contributed by atoms with Gasteiger partial charge >= 0.3 is 0 Å². The predicted molar refractivity (Wildman–Crippen MR) is 82.9 cm³/mol. The lowest BCUT2D eigenvalue weighted by atomic mass is 10.5. The molecule has 0 spiro atoms. The van der Waals surface area contributed by atoms with E-state index in [9.17, 15) is 0 Å². The molecule has 0 radical (unpaired) electrons. The monoisotopic (exact) mass is 313 g/mol. The van der Waals surface area contributed by atoms with Crippen molar-refractivity contribution in [3.63, 3.8) is 0 Å². The van der Waals surface area contributed by atoms with Crippen molar-refractivity contribution in [2.24, 2.45) is 0 Å². The average molecular weight is 313 g/mol. The molecule has 7 heteroatoms. The summed E-state index contributed by atoms with van der Waals surface area (Å²) in [5.41, 5.74) is 0. The lowest BCUT2D eigenvalue weighted by Crippen LogP contribution is -2.46. The summed E-state index contributed by atoms with van der Waals surface area (Å²) in [5.74, 6) is 0. The van der Waals surface area contributed by atoms with E-state index in [0.717, 1.165) is 52.6 Å². The Hall–Kier alpha value is -0.360. The van der Waals surface area contributed by atoms with Gasteiger partial charge in [0.2, 0.25) is 0 Å². The van der Waals surface area contributed by atoms with Crippen LogP contribution in [0.1, 0.15) is 0 Å². The van der Waals surface area contributed by atoms with Crippen LogP contribution in [0.3, 0.4) is 0 Å². The molecule has 1 aromatic rings. The van der Waals surface area contributed by atoms with Crippen molar-refractivity contribution in [2.75, 3.05) is 52.6 Å². The normalized spacial score (nSPS) is 22.8. The third kappa shape index (κ3) is 2.82. The fourth-order valence-corrected chi connectivity index (χ4v) is 6.98. The number of hydrogen-bond acceptors (Lipinski definition) is 4. The predicted octanol–water partition coefficient (Wildman–Crippen LogP) is 0.681. The van der Waals surface area contributed by atoms with Gasteiger partial charge in [-0.05, 0) is 12.1 Å². The maximum absolute atomic E-state index is 6.23. The Morgan fingerprint density at radius 2 is 1.35 bits per heavy atom. The van der Waals surface area contributed by atoms with Crippen LogP contribution in [0.5, 0.6) is 0 Å². The first-order chi connectivity index (χ1) is 9.82. The molecular formula is C13H20N3O2PS. The molecule has 0 aromatic carbocycles. The zero-order valence-corrected chi connectivity index (χ0v) is 13.2. The Balaban J connectivity index is 1.95. The highest BCUT2D eigenvalue weighted by atomic mass is 32.4. The molecule has 3 rings (SSSR count). The van der Waals surface area contributed by atoms with E-state index < -0.39 is 6.34 Å². The molecule has 2 saturated heterocycles. The molecule has 3 heterocycles. The van der Waals surface area contributed by atoms with E-state index in [1.165, 1.54) is 5.30 Å². The minimum Gasteiger partial charge on any atom is -0.379 e. The summed E-state index contributed by atoms with van der Waals surface area (Å²) < 4.78 is 15.9. The summed E-state index contributed by atoms with van der Waals surface area (Å²) in [6.45, 7) is 6.74. The van der Waals surface area contributed by atoms with Crippen LogP contribution in [0.4, 0.5) is 0 Å². The van der Waals surface area contributed by atoms with Gasteiger partial charge in [-0.25, -0.2) is 0 Å². The van der Waals surface area contributed by atoms with Crippen LogP contribution >= 0.6 is 6.34 Å². The Kier molecular flexibility index (Phi) is 4.81. The van der Waals surface area contributed by atoms with Crippen molar-refractivity contribution in [3.05, 3.63) is 24.5 Å². The molecule has 2 aliphatic heterocycles. The van der Waals surface area contributed by atoms with Gasteiger partial charge in [0.05, 0.1) is 26.4 Å². The first-order valence-corrected chi connectivity index (χ1v) is 9.69. The topological polar surface area (TPSA) is 37.8 Å². The standard InChI is InChI=1S/C13H20N3O2PS/c20-19(13-1-3-14-4-2-13,15-5-9-17-10-6-15)16-7-11-18-12-8-16/h1-4H,5-12H2. The summed E-state index contributed by atoms with van der Waals surface area (Å²) in [7, 11) is 0. The number of morpholine rings is 2. The Morgan fingerprint density at radius 3 is 1.80 bits per heavy atom. The third-order valence-electron chi connectivity index (χ3n) is 3.74. The first-order valence-electron chi connectivity index (χ1n) is 6.99. The van der Waals surface area contributed by atoms with E-state index in [2.05, 4.69) is 26.5 Å².